The average molecular weight is 595 g/mol. The minimum absolute atomic E-state index is 0.237. The third-order valence-corrected chi connectivity index (χ3v) is 16.4. The molecule has 0 unspecified atom stereocenters. The highest BCUT2D eigenvalue weighted by atomic mass is 31.2. The molecule has 216 valence electrons. The largest absolute Gasteiger partial charge is 0.400 e. The van der Waals surface area contributed by atoms with Gasteiger partial charge in [-0.25, -0.2) is 4.39 Å². The van der Waals surface area contributed by atoms with Crippen molar-refractivity contribution in [3.63, 3.8) is 0 Å². The lowest BCUT2D eigenvalue weighted by Gasteiger charge is -2.46. The second-order valence-corrected chi connectivity index (χ2v) is 19.3. The van der Waals surface area contributed by atoms with Crippen LogP contribution in [0.3, 0.4) is 0 Å². The summed E-state index contributed by atoms with van der Waals surface area (Å²) in [5.41, 5.74) is 1.43. The zero-order valence-electron chi connectivity index (χ0n) is 24.7. The summed E-state index contributed by atoms with van der Waals surface area (Å²) in [5, 5.41) is 3.69. The molecule has 1 aliphatic rings. The Labute approximate surface area is 251 Å². The van der Waals surface area contributed by atoms with E-state index in [0.29, 0.717) is 18.2 Å². The maximum Gasteiger partial charge on any atom is 0.261 e. The van der Waals surface area contributed by atoms with Crippen molar-refractivity contribution in [2.45, 2.75) is 50.9 Å². The molecule has 0 heterocycles. The highest BCUT2D eigenvalue weighted by Gasteiger charge is 2.52. The standard InChI is InChI=1S/C37H40FO2PSi/c1-29-35(38)27-30(25-26-41(39,31-17-9-5-10-18-31)32-19-11-6-12-20-32)28-36(29)40-42(37(2,3)4,33-21-13-7-14-22-33)34-23-15-8-16-24-34/h5-25,35-36H,1,26-28H2,2-4H3/t35-,36+/m0/s1. The van der Waals surface area contributed by atoms with Crippen molar-refractivity contribution in [1.82, 2.24) is 0 Å². The van der Waals surface area contributed by atoms with Crippen molar-refractivity contribution in [3.8, 4) is 0 Å². The second kappa shape index (κ2) is 12.5. The number of alkyl halides is 1. The number of hydrogen-bond acceptors (Lipinski definition) is 2. The van der Waals surface area contributed by atoms with Crippen LogP contribution in [-0.4, -0.2) is 26.8 Å². The first kappa shape index (κ1) is 30.2. The van der Waals surface area contributed by atoms with E-state index in [1.165, 1.54) is 0 Å². The van der Waals surface area contributed by atoms with Crippen LogP contribution in [0.5, 0.6) is 0 Å². The van der Waals surface area contributed by atoms with Crippen molar-refractivity contribution in [2.24, 2.45) is 0 Å². The predicted molar refractivity (Wildman–Crippen MR) is 178 cm³/mol. The van der Waals surface area contributed by atoms with Gasteiger partial charge in [0.25, 0.3) is 8.32 Å². The molecule has 2 nitrogen and oxygen atoms in total. The Hall–Kier alpha value is -3.30. The number of rotatable bonds is 8. The van der Waals surface area contributed by atoms with Gasteiger partial charge < -0.3 is 8.99 Å². The van der Waals surface area contributed by atoms with E-state index in [9.17, 15) is 4.57 Å². The zero-order valence-corrected chi connectivity index (χ0v) is 26.6. The van der Waals surface area contributed by atoms with E-state index in [2.05, 4.69) is 75.9 Å². The minimum Gasteiger partial charge on any atom is -0.400 e. The monoisotopic (exact) mass is 594 g/mol. The number of hydrogen-bond donors (Lipinski definition) is 0. The predicted octanol–water partition coefficient (Wildman–Crippen LogP) is 7.56. The maximum atomic E-state index is 15.7. The molecule has 0 amide bonds. The van der Waals surface area contributed by atoms with E-state index < -0.39 is 27.7 Å². The van der Waals surface area contributed by atoms with Crippen LogP contribution in [0.2, 0.25) is 5.04 Å². The van der Waals surface area contributed by atoms with Gasteiger partial charge in [0.05, 0.1) is 6.10 Å². The summed E-state index contributed by atoms with van der Waals surface area (Å²) in [5.74, 6) is 0. The quantitative estimate of drug-likeness (QED) is 0.120. The molecule has 1 aliphatic carbocycles. The molecule has 5 rings (SSSR count). The molecule has 4 aromatic rings. The van der Waals surface area contributed by atoms with E-state index in [0.717, 1.165) is 26.6 Å². The molecule has 1 fully saturated rings. The smallest absolute Gasteiger partial charge is 0.261 e. The van der Waals surface area contributed by atoms with Gasteiger partial charge in [-0.2, -0.15) is 0 Å². The van der Waals surface area contributed by atoms with Crippen LogP contribution in [-0.2, 0) is 8.99 Å². The normalized spacial score (nSPS) is 19.1. The second-order valence-electron chi connectivity index (χ2n) is 12.2. The van der Waals surface area contributed by atoms with Gasteiger partial charge in [0.15, 0.2) is 0 Å². The van der Waals surface area contributed by atoms with E-state index in [1.54, 1.807) is 0 Å². The summed E-state index contributed by atoms with van der Waals surface area (Å²) in [6, 6.07) is 40.1. The van der Waals surface area contributed by atoms with Gasteiger partial charge in [-0.3, -0.25) is 0 Å². The molecule has 4 aromatic carbocycles. The van der Waals surface area contributed by atoms with Crippen LogP contribution in [0.1, 0.15) is 33.6 Å². The summed E-state index contributed by atoms with van der Waals surface area (Å²) in [4.78, 5) is 0. The highest BCUT2D eigenvalue weighted by molar-refractivity contribution is 7.78. The van der Waals surface area contributed by atoms with Crippen molar-refractivity contribution in [3.05, 3.63) is 145 Å². The van der Waals surface area contributed by atoms with Gasteiger partial charge in [-0.15, -0.1) is 0 Å². The highest BCUT2D eigenvalue weighted by Crippen LogP contribution is 2.45. The van der Waals surface area contributed by atoms with E-state index in [1.807, 2.05) is 78.9 Å². The first-order valence-electron chi connectivity index (χ1n) is 14.6. The summed E-state index contributed by atoms with van der Waals surface area (Å²) < 4.78 is 37.7. The van der Waals surface area contributed by atoms with Crippen molar-refractivity contribution in [2.75, 3.05) is 6.16 Å². The van der Waals surface area contributed by atoms with Crippen molar-refractivity contribution < 1.29 is 13.4 Å². The molecule has 0 aromatic heterocycles. The van der Waals surface area contributed by atoms with Gasteiger partial charge in [-0.05, 0) is 27.4 Å². The molecule has 0 aliphatic heterocycles. The van der Waals surface area contributed by atoms with Crippen LogP contribution in [0.4, 0.5) is 4.39 Å². The Morgan fingerprint density at radius 3 is 1.64 bits per heavy atom. The van der Waals surface area contributed by atoms with Crippen LogP contribution in [0.25, 0.3) is 0 Å². The first-order valence-corrected chi connectivity index (χ1v) is 18.4. The fraction of sp³-hybridized carbons (Fsp3) is 0.243. The molecule has 0 spiro atoms. The van der Waals surface area contributed by atoms with Gasteiger partial charge in [0.2, 0.25) is 0 Å². The molecular weight excluding hydrogens is 554 g/mol. The Kier molecular flexibility index (Phi) is 8.99. The summed E-state index contributed by atoms with van der Waals surface area (Å²) in [6.45, 7) is 10.9. The van der Waals surface area contributed by atoms with Crippen molar-refractivity contribution in [1.29, 1.82) is 0 Å². The summed E-state index contributed by atoms with van der Waals surface area (Å²) >= 11 is 0. The molecule has 0 radical (unpaired) electrons. The van der Waals surface area contributed by atoms with Gasteiger partial charge in [-0.1, -0.05) is 160 Å². The van der Waals surface area contributed by atoms with Crippen LogP contribution in [0, 0.1) is 0 Å². The average Bonchev–Trinajstić information content (AvgIpc) is 3.02. The zero-order chi connectivity index (χ0) is 29.8. The Morgan fingerprint density at radius 1 is 0.786 bits per heavy atom. The summed E-state index contributed by atoms with van der Waals surface area (Å²) in [6.07, 6.45) is 1.43. The fourth-order valence-electron chi connectivity index (χ4n) is 6.16. The van der Waals surface area contributed by atoms with Crippen LogP contribution in [0.15, 0.2) is 145 Å². The minimum atomic E-state index is -2.96. The Morgan fingerprint density at radius 2 is 1.21 bits per heavy atom. The van der Waals surface area contributed by atoms with E-state index in [-0.39, 0.29) is 11.5 Å². The molecular formula is C37H40FO2PSi. The topological polar surface area (TPSA) is 26.3 Å². The van der Waals surface area contributed by atoms with Crippen LogP contribution >= 0.6 is 7.14 Å². The molecule has 2 atom stereocenters. The first-order chi connectivity index (χ1) is 20.1. The summed E-state index contributed by atoms with van der Waals surface area (Å²) in [7, 11) is -5.87. The maximum absolute atomic E-state index is 15.7. The lowest BCUT2D eigenvalue weighted by Crippen LogP contribution is -2.68. The molecule has 0 bridgehead atoms. The van der Waals surface area contributed by atoms with Crippen molar-refractivity contribution >= 4 is 36.4 Å². The molecule has 1 saturated carbocycles. The molecule has 0 N–H and O–H groups in total. The number of halogens is 1. The lowest BCUT2D eigenvalue weighted by atomic mass is 9.87. The molecule has 5 heteroatoms. The fourth-order valence-corrected chi connectivity index (χ4v) is 13.4. The SMILES string of the molecule is C=C1[C@@H](F)CC(=CCP(=O)(c2ccccc2)c2ccccc2)C[C@H]1O[Si](c1ccccc1)(c1ccccc1)C(C)(C)C. The lowest BCUT2D eigenvalue weighted by molar-refractivity contribution is 0.178. The molecule has 42 heavy (non-hydrogen) atoms. The molecule has 0 saturated heterocycles. The van der Waals surface area contributed by atoms with Gasteiger partial charge >= 0.3 is 0 Å². The van der Waals surface area contributed by atoms with E-state index >= 15 is 4.39 Å². The van der Waals surface area contributed by atoms with Gasteiger partial charge in [0, 0.05) is 23.2 Å². The van der Waals surface area contributed by atoms with Crippen LogP contribution < -0.4 is 21.0 Å². The number of allylic oxidation sites excluding steroid dienone is 1. The Bertz CT molecular complexity index is 1480. The Balaban J connectivity index is 1.53. The van der Waals surface area contributed by atoms with E-state index in [4.69, 9.17) is 4.43 Å². The number of benzene rings is 4. The third-order valence-electron chi connectivity index (χ3n) is 8.42. The van der Waals surface area contributed by atoms with Gasteiger partial charge in [0.1, 0.15) is 13.3 Å². The third kappa shape index (κ3) is 5.94.